The smallest absolute Gasteiger partial charge is 0.445 e. The molecule has 0 radical (unpaired) electrons. The van der Waals surface area contributed by atoms with Crippen LogP contribution >= 0.6 is 0 Å². The average Bonchev–Trinajstić information content (AvgIpc) is 2.55. The number of hydrogen-bond donors (Lipinski definition) is 0. The van der Waals surface area contributed by atoms with Crippen LogP contribution in [0.1, 0.15) is 46.5 Å². The largest absolute Gasteiger partial charge is 0.502 e. The number of hydrogen-bond acceptors (Lipinski definition) is 2. The summed E-state index contributed by atoms with van der Waals surface area (Å²) in [5.41, 5.74) is -0.302. The predicted molar refractivity (Wildman–Crippen MR) is 71.3 cm³/mol. The quantitative estimate of drug-likeness (QED) is 0.686. The Labute approximate surface area is 117 Å². The van der Waals surface area contributed by atoms with Gasteiger partial charge >= 0.3 is 13.1 Å². The van der Waals surface area contributed by atoms with Crippen LogP contribution in [0.3, 0.4) is 0 Å². The van der Waals surface area contributed by atoms with E-state index in [1.165, 1.54) is 4.90 Å². The van der Waals surface area contributed by atoms with Gasteiger partial charge in [0.1, 0.15) is 5.60 Å². The summed E-state index contributed by atoms with van der Waals surface area (Å²) in [7, 11) is 0. The predicted octanol–water partition coefficient (Wildman–Crippen LogP) is 3.86. The highest BCUT2D eigenvalue weighted by molar-refractivity contribution is 6.64. The van der Waals surface area contributed by atoms with Crippen LogP contribution < -0.4 is 0 Å². The summed E-state index contributed by atoms with van der Waals surface area (Å²) in [5, 5.41) is 0. The van der Waals surface area contributed by atoms with E-state index in [9.17, 15) is 17.7 Å². The number of carbonyl (C=O) groups is 1. The van der Waals surface area contributed by atoms with E-state index >= 15 is 0 Å². The van der Waals surface area contributed by atoms with Crippen LogP contribution in [0.4, 0.5) is 17.7 Å². The monoisotopic (exact) mass is 290 g/mol. The number of amides is 1. The zero-order valence-corrected chi connectivity index (χ0v) is 12.0. The summed E-state index contributed by atoms with van der Waals surface area (Å²) < 4.78 is 43.2. The lowest BCUT2D eigenvalue weighted by Crippen LogP contribution is -2.47. The van der Waals surface area contributed by atoms with Crippen LogP contribution in [-0.2, 0) is 4.74 Å². The van der Waals surface area contributed by atoms with Gasteiger partial charge in [0.15, 0.2) is 0 Å². The van der Waals surface area contributed by atoms with Crippen LogP contribution in [0.25, 0.3) is 0 Å². The molecule has 0 N–H and O–H groups in total. The van der Waals surface area contributed by atoms with Gasteiger partial charge in [-0.25, -0.2) is 4.79 Å². The van der Waals surface area contributed by atoms with Gasteiger partial charge in [-0.15, -0.1) is 5.98 Å². The Kier molecular flexibility index (Phi) is 3.82. The lowest BCUT2D eigenvalue weighted by molar-refractivity contribution is 0.0133. The number of ether oxygens (including phenoxy) is 1. The highest BCUT2D eigenvalue weighted by Crippen LogP contribution is 2.40. The molecule has 2 aliphatic rings. The lowest BCUT2D eigenvalue weighted by atomic mass is 9.83. The molecule has 0 aromatic carbocycles. The second-order valence-electron chi connectivity index (χ2n) is 6.54. The van der Waals surface area contributed by atoms with Gasteiger partial charge in [-0.05, 0) is 46.5 Å². The molecular weight excluding hydrogens is 270 g/mol. The molecule has 0 aromatic heterocycles. The van der Waals surface area contributed by atoms with Crippen LogP contribution in [0.5, 0.6) is 0 Å². The van der Waals surface area contributed by atoms with Crippen molar-refractivity contribution in [3.05, 3.63) is 11.5 Å². The van der Waals surface area contributed by atoms with Crippen LogP contribution in [0, 0.1) is 0 Å². The molecule has 20 heavy (non-hydrogen) atoms. The molecule has 0 aromatic rings. The Hall–Kier alpha value is -1.14. The number of rotatable bonds is 1. The zero-order chi connectivity index (χ0) is 15.1. The molecule has 2 fully saturated rings. The topological polar surface area (TPSA) is 29.5 Å². The van der Waals surface area contributed by atoms with Gasteiger partial charge in [-0.3, -0.25) is 4.90 Å². The van der Waals surface area contributed by atoms with E-state index in [1.54, 1.807) is 20.8 Å². The number of carbonyl (C=O) groups excluding carboxylic acids is 1. The van der Waals surface area contributed by atoms with Crippen molar-refractivity contribution in [2.75, 3.05) is 0 Å². The highest BCUT2D eigenvalue weighted by Gasteiger charge is 2.44. The number of fused-ring (bicyclic) bond motifs is 2. The van der Waals surface area contributed by atoms with Crippen molar-refractivity contribution in [2.24, 2.45) is 0 Å². The first-order chi connectivity index (χ1) is 9.07. The molecule has 0 spiro atoms. The van der Waals surface area contributed by atoms with Crippen molar-refractivity contribution < 1.29 is 22.5 Å². The van der Waals surface area contributed by atoms with Crippen molar-refractivity contribution in [3.63, 3.8) is 0 Å². The molecule has 0 saturated carbocycles. The highest BCUT2D eigenvalue weighted by atomic mass is 19.4. The minimum Gasteiger partial charge on any atom is -0.445 e. The Morgan fingerprint density at radius 1 is 1.30 bits per heavy atom. The molecule has 1 amide bonds. The van der Waals surface area contributed by atoms with E-state index in [-0.39, 0.29) is 6.04 Å². The van der Waals surface area contributed by atoms with Crippen molar-refractivity contribution in [1.82, 2.24) is 4.90 Å². The zero-order valence-electron chi connectivity index (χ0n) is 12.0. The molecule has 2 aliphatic heterocycles. The molecule has 2 heterocycles. The molecule has 3 nitrogen and oxygen atoms in total. The third-order valence-corrected chi connectivity index (χ3v) is 3.70. The summed E-state index contributed by atoms with van der Waals surface area (Å²) in [6.45, 7) is 0.307. The van der Waals surface area contributed by atoms with Crippen LogP contribution in [0.2, 0.25) is 0 Å². The molecule has 2 bridgehead atoms. The first kappa shape index (κ1) is 15.3. The van der Waals surface area contributed by atoms with Gasteiger partial charge in [0, 0.05) is 6.04 Å². The van der Waals surface area contributed by atoms with Gasteiger partial charge in [0.05, 0.1) is 6.04 Å². The maximum Gasteiger partial charge on any atom is 0.502 e. The van der Waals surface area contributed by atoms with Gasteiger partial charge in [0.2, 0.25) is 0 Å². The third-order valence-electron chi connectivity index (χ3n) is 3.70. The summed E-state index contributed by atoms with van der Waals surface area (Å²) in [6.07, 6.45) is 1.88. The van der Waals surface area contributed by atoms with E-state index in [0.717, 1.165) is 6.42 Å². The summed E-state index contributed by atoms with van der Waals surface area (Å²) in [4.78, 5) is 13.7. The Morgan fingerprint density at radius 3 is 2.50 bits per heavy atom. The fraction of sp³-hybridized carbons (Fsp3) is 0.769. The average molecular weight is 290 g/mol. The molecule has 7 heteroatoms. The van der Waals surface area contributed by atoms with Gasteiger partial charge in [0.25, 0.3) is 0 Å². The first-order valence-corrected chi connectivity index (χ1v) is 7.00. The van der Waals surface area contributed by atoms with Crippen molar-refractivity contribution in [3.8, 4) is 0 Å². The first-order valence-electron chi connectivity index (χ1n) is 7.00. The molecular formula is C13H20BF3NO2-. The van der Waals surface area contributed by atoms with Crippen molar-refractivity contribution in [2.45, 2.75) is 64.1 Å². The molecule has 0 aliphatic carbocycles. The maximum absolute atomic E-state index is 12.6. The van der Waals surface area contributed by atoms with E-state index in [2.05, 4.69) is 0 Å². The van der Waals surface area contributed by atoms with Crippen molar-refractivity contribution >= 4 is 13.1 Å². The van der Waals surface area contributed by atoms with Crippen LogP contribution in [-0.4, -0.2) is 35.7 Å². The maximum atomic E-state index is 12.6. The second-order valence-corrected chi connectivity index (χ2v) is 6.54. The van der Waals surface area contributed by atoms with Crippen LogP contribution in [0.15, 0.2) is 11.5 Å². The minimum atomic E-state index is -4.96. The molecule has 2 atom stereocenters. The van der Waals surface area contributed by atoms with E-state index in [4.69, 9.17) is 4.74 Å². The second kappa shape index (κ2) is 5.00. The Balaban J connectivity index is 2.18. The van der Waals surface area contributed by atoms with Gasteiger partial charge in [-0.2, -0.15) is 0 Å². The van der Waals surface area contributed by atoms with E-state index in [1.807, 2.05) is 0 Å². The Morgan fingerprint density at radius 2 is 1.95 bits per heavy atom. The number of piperidine rings is 1. The van der Waals surface area contributed by atoms with Gasteiger partial charge < -0.3 is 17.7 Å². The minimum absolute atomic E-state index is 0.0210. The normalized spacial score (nSPS) is 28.9. The lowest BCUT2D eigenvalue weighted by Gasteiger charge is -2.38. The van der Waals surface area contributed by atoms with Gasteiger partial charge in [-0.1, -0.05) is 5.57 Å². The fourth-order valence-corrected chi connectivity index (χ4v) is 3.06. The SMILES string of the molecule is CC(C)(C)OC(=O)N1C2CC/C(=C/[B-](F)(F)F)C1CC2. The fourth-order valence-electron chi connectivity index (χ4n) is 3.06. The van der Waals surface area contributed by atoms with Crippen molar-refractivity contribution in [1.29, 1.82) is 0 Å². The third kappa shape index (κ3) is 3.49. The summed E-state index contributed by atoms with van der Waals surface area (Å²) in [6, 6.07) is -0.417. The standard InChI is InChI=1S/C13H20BF3NO2/c1-13(2,3)20-12(19)18-10-5-4-9(8-14(15,16)17)11(18)7-6-10/h8,10-11H,4-7H2,1-3H3/q-1/b9-8-. The Bertz CT molecular complexity index is 428. The molecule has 2 unspecified atom stereocenters. The summed E-state index contributed by atoms with van der Waals surface area (Å²) >= 11 is 0. The molecule has 2 rings (SSSR count). The summed E-state index contributed by atoms with van der Waals surface area (Å²) in [5.74, 6) is 0.420. The molecule has 2 saturated heterocycles. The van der Waals surface area contributed by atoms with E-state index in [0.29, 0.717) is 30.8 Å². The van der Waals surface area contributed by atoms with E-state index < -0.39 is 24.7 Å². The molecule has 114 valence electrons. The number of halogens is 3. The number of nitrogens with zero attached hydrogens (tertiary/aromatic N) is 1.